The molecular formula is C22H35NO4. The number of piperidine rings is 1. The van der Waals surface area contributed by atoms with Gasteiger partial charge in [-0.3, -0.25) is 0 Å². The zero-order chi connectivity index (χ0) is 19.7. The molecule has 1 N–H and O–H groups in total. The smallest absolute Gasteiger partial charge is 0.175 e. The second-order valence-electron chi connectivity index (χ2n) is 8.63. The van der Waals surface area contributed by atoms with Crippen molar-refractivity contribution in [2.24, 2.45) is 5.92 Å². The van der Waals surface area contributed by atoms with E-state index in [-0.39, 0.29) is 17.6 Å². The van der Waals surface area contributed by atoms with E-state index in [9.17, 15) is 5.21 Å². The molecule has 27 heavy (non-hydrogen) atoms. The van der Waals surface area contributed by atoms with Crippen LogP contribution < -0.4 is 0 Å². The molecule has 5 atom stereocenters. The van der Waals surface area contributed by atoms with Crippen LogP contribution in [0.25, 0.3) is 0 Å². The van der Waals surface area contributed by atoms with Gasteiger partial charge in [-0.1, -0.05) is 51.1 Å². The highest BCUT2D eigenvalue weighted by Crippen LogP contribution is 2.53. The molecule has 0 aromatic heterocycles. The van der Waals surface area contributed by atoms with Crippen LogP contribution in [0.3, 0.4) is 0 Å². The summed E-state index contributed by atoms with van der Waals surface area (Å²) in [4.78, 5) is 0. The molecule has 0 amide bonds. The number of hydrogen-bond acceptors (Lipinski definition) is 5. The molecule has 2 heterocycles. The third-order valence-corrected chi connectivity index (χ3v) is 6.99. The van der Waals surface area contributed by atoms with Gasteiger partial charge in [0.25, 0.3) is 0 Å². The van der Waals surface area contributed by atoms with Gasteiger partial charge in [0.05, 0.1) is 25.4 Å². The molecule has 2 saturated heterocycles. The van der Waals surface area contributed by atoms with E-state index >= 15 is 0 Å². The van der Waals surface area contributed by atoms with Crippen molar-refractivity contribution in [3.8, 4) is 0 Å². The molecule has 0 aliphatic carbocycles. The Morgan fingerprint density at radius 1 is 1.19 bits per heavy atom. The van der Waals surface area contributed by atoms with Crippen molar-refractivity contribution in [1.82, 2.24) is 5.06 Å². The van der Waals surface area contributed by atoms with Crippen LogP contribution in [0.2, 0.25) is 0 Å². The lowest BCUT2D eigenvalue weighted by atomic mass is 9.67. The van der Waals surface area contributed by atoms with Crippen molar-refractivity contribution in [1.29, 1.82) is 0 Å². The topological polar surface area (TPSA) is 51.2 Å². The van der Waals surface area contributed by atoms with Crippen LogP contribution >= 0.6 is 0 Å². The summed E-state index contributed by atoms with van der Waals surface area (Å²) in [6.07, 6.45) is 2.22. The maximum Gasteiger partial charge on any atom is 0.175 e. The van der Waals surface area contributed by atoms with Gasteiger partial charge in [-0.05, 0) is 32.3 Å². The van der Waals surface area contributed by atoms with Crippen LogP contribution in [0.15, 0.2) is 30.3 Å². The van der Waals surface area contributed by atoms with Crippen LogP contribution in [0.4, 0.5) is 0 Å². The minimum atomic E-state index is -0.671. The Bertz CT molecular complexity index is 626. The first-order valence-corrected chi connectivity index (χ1v) is 10.2. The van der Waals surface area contributed by atoms with Crippen LogP contribution in [-0.4, -0.2) is 46.5 Å². The summed E-state index contributed by atoms with van der Waals surface area (Å²) in [5.74, 6) is -0.631. The summed E-state index contributed by atoms with van der Waals surface area (Å²) < 4.78 is 18.7. The van der Waals surface area contributed by atoms with Crippen LogP contribution in [0.5, 0.6) is 0 Å². The van der Waals surface area contributed by atoms with Crippen LogP contribution in [-0.2, 0) is 20.8 Å². The Labute approximate surface area is 163 Å². The maximum absolute atomic E-state index is 11.0. The largest absolute Gasteiger partial charge is 0.374 e. The fourth-order valence-electron chi connectivity index (χ4n) is 4.63. The summed E-state index contributed by atoms with van der Waals surface area (Å²) in [5, 5.41) is 12.6. The lowest BCUT2D eigenvalue weighted by Gasteiger charge is -2.60. The van der Waals surface area contributed by atoms with E-state index in [1.54, 1.807) is 5.06 Å². The molecule has 5 heteroatoms. The van der Waals surface area contributed by atoms with E-state index in [0.29, 0.717) is 26.2 Å². The van der Waals surface area contributed by atoms with E-state index in [1.807, 2.05) is 18.2 Å². The minimum absolute atomic E-state index is 0.0405. The molecule has 2 aliphatic rings. The summed E-state index contributed by atoms with van der Waals surface area (Å²) in [6.45, 7) is 12.2. The lowest BCUT2D eigenvalue weighted by molar-refractivity contribution is -0.352. The number of hydroxylamine groups is 2. The van der Waals surface area contributed by atoms with Gasteiger partial charge in [0, 0.05) is 17.9 Å². The Balaban J connectivity index is 1.68. The van der Waals surface area contributed by atoms with Crippen molar-refractivity contribution >= 4 is 0 Å². The van der Waals surface area contributed by atoms with E-state index in [4.69, 9.17) is 14.2 Å². The Morgan fingerprint density at radius 2 is 1.89 bits per heavy atom. The van der Waals surface area contributed by atoms with E-state index in [0.717, 1.165) is 18.4 Å². The Hall–Kier alpha value is -0.980. The van der Waals surface area contributed by atoms with Gasteiger partial charge in [0.1, 0.15) is 6.10 Å². The van der Waals surface area contributed by atoms with Gasteiger partial charge in [-0.2, -0.15) is 5.06 Å². The van der Waals surface area contributed by atoms with E-state index in [1.165, 1.54) is 0 Å². The highest BCUT2D eigenvalue weighted by Gasteiger charge is 2.63. The SMILES string of the molecule is CCC1(C)CC2(OCC(COCc3ccccc3)O2)C(C)C(C)(CC)N1O. The van der Waals surface area contributed by atoms with Crippen molar-refractivity contribution < 1.29 is 19.4 Å². The highest BCUT2D eigenvalue weighted by atomic mass is 16.8. The zero-order valence-electron chi connectivity index (χ0n) is 17.4. The maximum atomic E-state index is 11.0. The Kier molecular flexibility index (Phi) is 5.99. The Morgan fingerprint density at radius 3 is 2.52 bits per heavy atom. The average molecular weight is 378 g/mol. The number of rotatable bonds is 6. The number of nitrogens with zero attached hydrogens (tertiary/aromatic N) is 1. The molecule has 0 saturated carbocycles. The second kappa shape index (κ2) is 7.80. The molecule has 5 nitrogen and oxygen atoms in total. The molecule has 1 spiro atoms. The molecular weight excluding hydrogens is 342 g/mol. The van der Waals surface area contributed by atoms with E-state index in [2.05, 4.69) is 46.8 Å². The van der Waals surface area contributed by atoms with Gasteiger partial charge in [0.15, 0.2) is 5.79 Å². The molecule has 2 aliphatic heterocycles. The van der Waals surface area contributed by atoms with Crippen molar-refractivity contribution in [3.05, 3.63) is 35.9 Å². The van der Waals surface area contributed by atoms with Gasteiger partial charge in [0.2, 0.25) is 0 Å². The third-order valence-electron chi connectivity index (χ3n) is 6.99. The molecule has 2 fully saturated rings. The van der Waals surface area contributed by atoms with Gasteiger partial charge < -0.3 is 19.4 Å². The molecule has 3 rings (SSSR count). The molecule has 1 aromatic rings. The van der Waals surface area contributed by atoms with Crippen molar-refractivity contribution in [2.75, 3.05) is 13.2 Å². The molecule has 1 aromatic carbocycles. The molecule has 152 valence electrons. The quantitative estimate of drug-likeness (QED) is 0.797. The first kappa shape index (κ1) is 20.7. The number of ether oxygens (including phenoxy) is 3. The molecule has 5 unspecified atom stereocenters. The first-order valence-electron chi connectivity index (χ1n) is 10.2. The molecule has 0 bridgehead atoms. The summed E-state index contributed by atoms with van der Waals surface area (Å²) in [6, 6.07) is 10.2. The minimum Gasteiger partial charge on any atom is -0.374 e. The van der Waals surface area contributed by atoms with Crippen LogP contribution in [0.1, 0.15) is 59.4 Å². The fraction of sp³-hybridized carbons (Fsp3) is 0.727. The zero-order valence-corrected chi connectivity index (χ0v) is 17.4. The van der Waals surface area contributed by atoms with Crippen LogP contribution in [0, 0.1) is 5.92 Å². The first-order chi connectivity index (χ1) is 12.8. The van der Waals surface area contributed by atoms with Crippen molar-refractivity contribution in [2.45, 2.75) is 83.5 Å². The van der Waals surface area contributed by atoms with Crippen molar-refractivity contribution in [3.63, 3.8) is 0 Å². The predicted octanol–water partition coefficient (Wildman–Crippen LogP) is 4.38. The van der Waals surface area contributed by atoms with Gasteiger partial charge in [-0.15, -0.1) is 0 Å². The predicted molar refractivity (Wildman–Crippen MR) is 104 cm³/mol. The standard InChI is InChI=1S/C22H35NO4/c1-6-20(4)16-22(17(3)21(5,7-2)23(20)24)26-15-19(27-22)14-25-13-18-11-9-8-10-12-18/h8-12,17,19,24H,6-7,13-16H2,1-5H3. The average Bonchev–Trinajstić information content (AvgIpc) is 3.09. The second-order valence-corrected chi connectivity index (χ2v) is 8.63. The number of benzene rings is 1. The third kappa shape index (κ3) is 3.68. The van der Waals surface area contributed by atoms with Gasteiger partial charge in [-0.25, -0.2) is 0 Å². The van der Waals surface area contributed by atoms with E-state index < -0.39 is 11.3 Å². The lowest BCUT2D eigenvalue weighted by Crippen LogP contribution is -2.71. The monoisotopic (exact) mass is 377 g/mol. The highest BCUT2D eigenvalue weighted by molar-refractivity contribution is 5.13. The normalized spacial score (nSPS) is 39.9. The molecule has 0 radical (unpaired) electrons. The summed E-state index contributed by atoms with van der Waals surface area (Å²) in [5.41, 5.74) is 0.380. The summed E-state index contributed by atoms with van der Waals surface area (Å²) >= 11 is 0. The van der Waals surface area contributed by atoms with Gasteiger partial charge >= 0.3 is 0 Å². The number of hydrogen-bond donors (Lipinski definition) is 1. The summed E-state index contributed by atoms with van der Waals surface area (Å²) in [7, 11) is 0. The fourth-order valence-corrected chi connectivity index (χ4v) is 4.63.